The number of rotatable bonds is 5. The third-order valence-corrected chi connectivity index (χ3v) is 13.3. The van der Waals surface area contributed by atoms with Gasteiger partial charge in [0.15, 0.2) is 11.6 Å². The van der Waals surface area contributed by atoms with Gasteiger partial charge in [0, 0.05) is 53.5 Å². The summed E-state index contributed by atoms with van der Waals surface area (Å²) in [4.78, 5) is 17.8. The lowest BCUT2D eigenvalue weighted by Gasteiger charge is -2.21. The second-order valence-corrected chi connectivity index (χ2v) is 16.7. The van der Waals surface area contributed by atoms with Crippen molar-refractivity contribution < 1.29 is 0 Å². The average molecular weight is 796 g/mol. The predicted molar refractivity (Wildman–Crippen MR) is 252 cm³/mol. The maximum absolute atomic E-state index is 5.14. The van der Waals surface area contributed by atoms with Crippen LogP contribution in [0.3, 0.4) is 0 Å². The Balaban J connectivity index is 1.03. The Morgan fingerprint density at radius 1 is 0.328 bits per heavy atom. The lowest BCUT2D eigenvalue weighted by Crippen LogP contribution is -2.06. The largest absolute Gasteiger partial charge is 0.309 e. The van der Waals surface area contributed by atoms with E-state index in [0.29, 0.717) is 17.6 Å². The molecule has 0 bridgehead atoms. The van der Waals surface area contributed by atoms with Crippen molar-refractivity contribution in [1.82, 2.24) is 24.1 Å². The van der Waals surface area contributed by atoms with Crippen molar-refractivity contribution in [2.24, 2.45) is 0 Å². The van der Waals surface area contributed by atoms with Gasteiger partial charge in [-0.25, -0.2) is 4.98 Å². The zero-order chi connectivity index (χ0) is 40.0. The summed E-state index contributed by atoms with van der Waals surface area (Å²) in [5.74, 6) is 1.85. The van der Waals surface area contributed by atoms with Gasteiger partial charge in [0.2, 0.25) is 5.95 Å². The molecule has 0 radical (unpaired) electrons. The van der Waals surface area contributed by atoms with Crippen molar-refractivity contribution in [1.29, 1.82) is 0 Å². The minimum atomic E-state index is 0.584. The van der Waals surface area contributed by atoms with E-state index in [-0.39, 0.29) is 0 Å². The Morgan fingerprint density at radius 3 is 1.74 bits per heavy atom. The molecule has 0 N–H and O–H groups in total. The summed E-state index contributed by atoms with van der Waals surface area (Å²) in [6, 6.07) is 71.5. The van der Waals surface area contributed by atoms with Crippen LogP contribution in [0.4, 0.5) is 0 Å². The fourth-order valence-electron chi connectivity index (χ4n) is 9.45. The van der Waals surface area contributed by atoms with Gasteiger partial charge in [0.25, 0.3) is 0 Å². The molecule has 13 rings (SSSR count). The first-order valence-corrected chi connectivity index (χ1v) is 21.3. The summed E-state index contributed by atoms with van der Waals surface area (Å²) >= 11 is 1.88. The number of para-hydroxylation sites is 2. The second kappa shape index (κ2) is 13.4. The molecule has 0 saturated carbocycles. The standard InChI is InChI=1S/C55H33N5S/c1-4-15-34(16-5-1)53-56-54(35-17-6-2-7-18-35)58-55(57-53)60-45-25-12-10-21-39(45)44-31-36(28-30-46(44)60)37-27-29-42-47(32-37)59(38-19-8-3-9-20-38)48-33-50-52-41(23-14-24-43(52)51(42)48)40-22-11-13-26-49(40)61-50/h1-33H. The van der Waals surface area contributed by atoms with Gasteiger partial charge < -0.3 is 4.57 Å². The molecule has 1 aliphatic rings. The van der Waals surface area contributed by atoms with Crippen molar-refractivity contribution in [3.05, 3.63) is 200 Å². The van der Waals surface area contributed by atoms with Gasteiger partial charge in [0.1, 0.15) is 0 Å². The predicted octanol–water partition coefficient (Wildman–Crippen LogP) is 14.4. The van der Waals surface area contributed by atoms with Crippen LogP contribution in [0.2, 0.25) is 0 Å². The fraction of sp³-hybridized carbons (Fsp3) is 0. The molecule has 0 aliphatic carbocycles. The molecule has 3 aromatic heterocycles. The summed E-state index contributed by atoms with van der Waals surface area (Å²) in [5, 5.41) is 7.43. The lowest BCUT2D eigenvalue weighted by molar-refractivity contribution is 0.953. The van der Waals surface area contributed by atoms with Crippen molar-refractivity contribution >= 4 is 66.1 Å². The molecule has 0 amide bonds. The molecule has 4 heterocycles. The van der Waals surface area contributed by atoms with Crippen molar-refractivity contribution in [2.75, 3.05) is 0 Å². The first-order valence-electron chi connectivity index (χ1n) is 20.5. The highest BCUT2D eigenvalue weighted by atomic mass is 32.2. The minimum absolute atomic E-state index is 0.584. The summed E-state index contributed by atoms with van der Waals surface area (Å²) in [5.41, 5.74) is 12.4. The van der Waals surface area contributed by atoms with Gasteiger partial charge in [-0.15, -0.1) is 0 Å². The van der Waals surface area contributed by atoms with Gasteiger partial charge in [-0.3, -0.25) is 4.57 Å². The minimum Gasteiger partial charge on any atom is -0.309 e. The van der Waals surface area contributed by atoms with Gasteiger partial charge >= 0.3 is 0 Å². The van der Waals surface area contributed by atoms with Gasteiger partial charge in [0.05, 0.1) is 22.1 Å². The molecule has 12 aromatic rings. The molecular weight excluding hydrogens is 763 g/mol. The first-order chi connectivity index (χ1) is 30.2. The number of hydrogen-bond acceptors (Lipinski definition) is 4. The van der Waals surface area contributed by atoms with Crippen LogP contribution >= 0.6 is 11.8 Å². The topological polar surface area (TPSA) is 48.5 Å². The number of benzene rings is 9. The third-order valence-electron chi connectivity index (χ3n) is 12.2. The lowest BCUT2D eigenvalue weighted by atomic mass is 9.94. The van der Waals surface area contributed by atoms with Crippen LogP contribution in [0.5, 0.6) is 0 Å². The highest BCUT2D eigenvalue weighted by Crippen LogP contribution is 2.51. The summed E-state index contributed by atoms with van der Waals surface area (Å²) in [7, 11) is 0. The molecular formula is C55H33N5S. The second-order valence-electron chi connectivity index (χ2n) is 15.6. The Kier molecular flexibility index (Phi) is 7.47. The molecule has 0 saturated heterocycles. The third kappa shape index (κ3) is 5.26. The highest BCUT2D eigenvalue weighted by molar-refractivity contribution is 7.99. The molecule has 0 fully saturated rings. The van der Waals surface area contributed by atoms with Crippen LogP contribution in [0, 0.1) is 0 Å². The summed E-state index contributed by atoms with van der Waals surface area (Å²) in [6.45, 7) is 0. The molecule has 9 aromatic carbocycles. The number of aromatic nitrogens is 5. The first kappa shape index (κ1) is 34.1. The fourth-order valence-corrected chi connectivity index (χ4v) is 10.6. The zero-order valence-electron chi connectivity index (χ0n) is 32.7. The number of nitrogens with zero attached hydrogens (tertiary/aromatic N) is 5. The monoisotopic (exact) mass is 795 g/mol. The quantitative estimate of drug-likeness (QED) is 0.174. The molecule has 0 unspecified atom stereocenters. The van der Waals surface area contributed by atoms with E-state index in [1.807, 2.05) is 72.4 Å². The Labute approximate surface area is 355 Å². The summed E-state index contributed by atoms with van der Waals surface area (Å²) < 4.78 is 4.64. The van der Waals surface area contributed by atoms with Crippen LogP contribution < -0.4 is 0 Å². The van der Waals surface area contributed by atoms with Crippen LogP contribution in [0.25, 0.3) is 111 Å². The molecule has 0 atom stereocenters. The van der Waals surface area contributed by atoms with E-state index in [1.165, 1.54) is 53.5 Å². The van der Waals surface area contributed by atoms with Crippen molar-refractivity contribution in [3.8, 4) is 56.7 Å². The van der Waals surface area contributed by atoms with Crippen LogP contribution in [-0.2, 0) is 0 Å². The Bertz CT molecular complexity index is 3660. The van der Waals surface area contributed by atoms with Crippen molar-refractivity contribution in [3.63, 3.8) is 0 Å². The molecule has 61 heavy (non-hydrogen) atoms. The smallest absolute Gasteiger partial charge is 0.238 e. The molecule has 6 heteroatoms. The van der Waals surface area contributed by atoms with E-state index < -0.39 is 0 Å². The SMILES string of the molecule is c1ccc(-c2nc(-c3ccccc3)nc(-n3c4ccccc4c4cc(-c5ccc6c7c8cccc9c8c(cc7n(-c7ccccc7)c6c5)Sc5ccccc5-9)ccc43)n2)cc1. The number of hydrogen-bond donors (Lipinski definition) is 0. The van der Waals surface area contributed by atoms with Crippen LogP contribution in [0.1, 0.15) is 0 Å². The Morgan fingerprint density at radius 2 is 0.951 bits per heavy atom. The van der Waals surface area contributed by atoms with Crippen molar-refractivity contribution in [2.45, 2.75) is 9.79 Å². The van der Waals surface area contributed by atoms with Crippen LogP contribution in [0.15, 0.2) is 210 Å². The van der Waals surface area contributed by atoms with E-state index >= 15 is 0 Å². The molecule has 5 nitrogen and oxygen atoms in total. The number of fused-ring (bicyclic) bond motifs is 9. The van der Waals surface area contributed by atoms with E-state index in [4.69, 9.17) is 15.0 Å². The molecule has 1 aliphatic heterocycles. The molecule has 0 spiro atoms. The van der Waals surface area contributed by atoms with E-state index in [1.54, 1.807) is 0 Å². The van der Waals surface area contributed by atoms with Gasteiger partial charge in [-0.05, 0) is 76.2 Å². The van der Waals surface area contributed by atoms with Crippen LogP contribution in [-0.4, -0.2) is 24.1 Å². The normalized spacial score (nSPS) is 12.2. The zero-order valence-corrected chi connectivity index (χ0v) is 33.5. The van der Waals surface area contributed by atoms with Gasteiger partial charge in [-0.2, -0.15) is 9.97 Å². The van der Waals surface area contributed by atoms with E-state index in [0.717, 1.165) is 49.7 Å². The van der Waals surface area contributed by atoms with E-state index in [9.17, 15) is 0 Å². The van der Waals surface area contributed by atoms with Gasteiger partial charge in [-0.1, -0.05) is 163 Å². The maximum Gasteiger partial charge on any atom is 0.238 e. The maximum atomic E-state index is 5.14. The Hall–Kier alpha value is -7.80. The van der Waals surface area contributed by atoms with E-state index in [2.05, 4.69) is 149 Å². The average Bonchev–Trinajstić information content (AvgIpc) is 3.84. The highest BCUT2D eigenvalue weighted by Gasteiger charge is 2.25. The summed E-state index contributed by atoms with van der Waals surface area (Å²) in [6.07, 6.45) is 0. The molecule has 284 valence electrons.